The van der Waals surface area contributed by atoms with Crippen molar-refractivity contribution in [2.75, 3.05) is 5.73 Å². The molecule has 7 heteroatoms. The summed E-state index contributed by atoms with van der Waals surface area (Å²) in [4.78, 5) is 0. The molecule has 0 aliphatic heterocycles. The maximum Gasteiger partial charge on any atom is 0.411 e. The van der Waals surface area contributed by atoms with Crippen molar-refractivity contribution in [2.24, 2.45) is 0 Å². The van der Waals surface area contributed by atoms with E-state index in [4.69, 9.17) is 5.73 Å². The Hall–Kier alpha value is -2.18. The maximum absolute atomic E-state index is 14.0. The zero-order valence-electron chi connectivity index (χ0n) is 13.8. The number of benzene rings is 2. The second-order valence-corrected chi connectivity index (χ2v) is 6.12. The third-order valence-corrected chi connectivity index (χ3v) is 4.49. The zero-order chi connectivity index (χ0) is 19.2. The number of halogens is 6. The molecule has 0 saturated heterocycles. The first-order chi connectivity index (χ1) is 11.3. The van der Waals surface area contributed by atoms with Gasteiger partial charge in [-0.15, -0.1) is 0 Å². The number of alkyl halides is 6. The van der Waals surface area contributed by atoms with Gasteiger partial charge in [0.25, 0.3) is 0 Å². The highest BCUT2D eigenvalue weighted by atomic mass is 19.4. The Kier molecular flexibility index (Phi) is 4.57. The van der Waals surface area contributed by atoms with Crippen LogP contribution in [0.2, 0.25) is 0 Å². The van der Waals surface area contributed by atoms with Crippen molar-refractivity contribution < 1.29 is 26.3 Å². The Balaban J connectivity index is 2.96. The molecule has 0 atom stereocenters. The average molecular weight is 361 g/mol. The summed E-state index contributed by atoms with van der Waals surface area (Å²) in [5.41, 5.74) is 0.916. The predicted octanol–water partition coefficient (Wildman–Crippen LogP) is 5.60. The molecule has 2 rings (SSSR count). The minimum atomic E-state index is -5.59. The van der Waals surface area contributed by atoms with Gasteiger partial charge in [-0.05, 0) is 54.7 Å². The Morgan fingerprint density at radius 1 is 0.640 bits per heavy atom. The van der Waals surface area contributed by atoms with Gasteiger partial charge in [-0.25, -0.2) is 0 Å². The zero-order valence-corrected chi connectivity index (χ0v) is 13.8. The number of nitrogens with two attached hydrogens (primary N) is 1. The second kappa shape index (κ2) is 5.97. The van der Waals surface area contributed by atoms with Crippen molar-refractivity contribution >= 4 is 5.69 Å². The summed E-state index contributed by atoms with van der Waals surface area (Å²) in [6, 6.07) is 5.81. The fourth-order valence-electron chi connectivity index (χ4n) is 2.87. The largest absolute Gasteiger partial charge is 0.411 e. The molecular formula is C18H17F6N. The second-order valence-electron chi connectivity index (χ2n) is 6.12. The van der Waals surface area contributed by atoms with Crippen molar-refractivity contribution in [1.29, 1.82) is 0 Å². The van der Waals surface area contributed by atoms with E-state index >= 15 is 0 Å². The third kappa shape index (κ3) is 2.96. The van der Waals surface area contributed by atoms with E-state index in [9.17, 15) is 26.3 Å². The highest BCUT2D eigenvalue weighted by molar-refractivity contribution is 5.54. The summed E-state index contributed by atoms with van der Waals surface area (Å²) in [6.45, 7) is 4.47. The van der Waals surface area contributed by atoms with Crippen molar-refractivity contribution in [3.63, 3.8) is 0 Å². The van der Waals surface area contributed by atoms with Gasteiger partial charge in [0, 0.05) is 5.69 Å². The number of nitrogen functional groups attached to an aromatic ring is 1. The SMILES string of the molecule is Cc1ccc(C(c2ccc(N)c(C)c2)(C(F)(F)F)C(F)(F)F)cc1C. The minimum Gasteiger partial charge on any atom is -0.399 e. The van der Waals surface area contributed by atoms with Crippen molar-refractivity contribution in [3.8, 4) is 0 Å². The van der Waals surface area contributed by atoms with Crippen LogP contribution in [0.5, 0.6) is 0 Å². The van der Waals surface area contributed by atoms with E-state index in [-0.39, 0.29) is 11.3 Å². The average Bonchev–Trinajstić information content (AvgIpc) is 2.44. The Labute approximate surface area is 141 Å². The van der Waals surface area contributed by atoms with Gasteiger partial charge in [0.1, 0.15) is 0 Å². The Bertz CT molecular complexity index is 722. The summed E-state index contributed by atoms with van der Waals surface area (Å²) in [7, 11) is 0. The lowest BCUT2D eigenvalue weighted by Crippen LogP contribution is -2.54. The molecule has 1 nitrogen and oxygen atoms in total. The van der Waals surface area contributed by atoms with Gasteiger partial charge >= 0.3 is 12.4 Å². The molecule has 0 saturated carbocycles. The van der Waals surface area contributed by atoms with Gasteiger partial charge < -0.3 is 5.73 Å². The highest BCUT2D eigenvalue weighted by Gasteiger charge is 2.72. The lowest BCUT2D eigenvalue weighted by atomic mass is 9.72. The van der Waals surface area contributed by atoms with Gasteiger partial charge in [0.15, 0.2) is 0 Å². The quantitative estimate of drug-likeness (QED) is 0.546. The first kappa shape index (κ1) is 19.1. The normalized spacial score (nSPS) is 13.2. The van der Waals surface area contributed by atoms with Crippen molar-refractivity contribution in [1.82, 2.24) is 0 Å². The fourth-order valence-corrected chi connectivity index (χ4v) is 2.87. The Morgan fingerprint density at radius 2 is 1.08 bits per heavy atom. The molecule has 0 radical (unpaired) electrons. The van der Waals surface area contributed by atoms with Crippen LogP contribution in [-0.4, -0.2) is 12.4 Å². The van der Waals surface area contributed by atoms with Crippen LogP contribution in [0.25, 0.3) is 0 Å². The fraction of sp³-hybridized carbons (Fsp3) is 0.333. The number of rotatable bonds is 2. The highest BCUT2D eigenvalue weighted by Crippen LogP contribution is 2.56. The molecule has 0 aliphatic carbocycles. The molecular weight excluding hydrogens is 344 g/mol. The standard InChI is InChI=1S/C18H17F6N/c1-10-4-5-13(8-11(10)2)16(17(19,20)21,18(22,23)24)14-6-7-15(25)12(3)9-14/h4-9H,25H2,1-3H3. The topological polar surface area (TPSA) is 26.0 Å². The first-order valence-electron chi connectivity index (χ1n) is 7.40. The molecule has 0 fully saturated rings. The van der Waals surface area contributed by atoms with Crippen LogP contribution in [0.15, 0.2) is 36.4 Å². The molecule has 25 heavy (non-hydrogen) atoms. The van der Waals surface area contributed by atoms with Crippen LogP contribution in [0.4, 0.5) is 32.0 Å². The van der Waals surface area contributed by atoms with E-state index in [0.717, 1.165) is 30.3 Å². The predicted molar refractivity (Wildman–Crippen MR) is 84.4 cm³/mol. The maximum atomic E-state index is 14.0. The van der Waals surface area contributed by atoms with Crippen LogP contribution >= 0.6 is 0 Å². The molecule has 0 amide bonds. The van der Waals surface area contributed by atoms with Gasteiger partial charge in [0.2, 0.25) is 5.41 Å². The smallest absolute Gasteiger partial charge is 0.399 e. The summed E-state index contributed by atoms with van der Waals surface area (Å²) in [6.07, 6.45) is -11.2. The molecule has 2 aromatic rings. The van der Waals surface area contributed by atoms with E-state index in [2.05, 4.69) is 0 Å². The van der Waals surface area contributed by atoms with Gasteiger partial charge in [-0.2, -0.15) is 26.3 Å². The van der Waals surface area contributed by atoms with Crippen LogP contribution in [-0.2, 0) is 5.41 Å². The number of hydrogen-bond acceptors (Lipinski definition) is 1. The minimum absolute atomic E-state index is 0.127. The molecule has 0 heterocycles. The van der Waals surface area contributed by atoms with E-state index in [1.807, 2.05) is 0 Å². The first-order valence-corrected chi connectivity index (χ1v) is 7.40. The van der Waals surface area contributed by atoms with E-state index in [0.29, 0.717) is 11.1 Å². The van der Waals surface area contributed by atoms with Crippen molar-refractivity contribution in [2.45, 2.75) is 38.5 Å². The van der Waals surface area contributed by atoms with Crippen molar-refractivity contribution in [3.05, 3.63) is 64.2 Å². The van der Waals surface area contributed by atoms with Crippen LogP contribution in [0.1, 0.15) is 27.8 Å². The molecule has 2 aromatic carbocycles. The van der Waals surface area contributed by atoms with E-state index in [1.54, 1.807) is 6.92 Å². The van der Waals surface area contributed by atoms with Crippen LogP contribution in [0, 0.1) is 20.8 Å². The van der Waals surface area contributed by atoms with E-state index in [1.165, 1.54) is 19.9 Å². The molecule has 0 aromatic heterocycles. The molecule has 136 valence electrons. The molecule has 2 N–H and O–H groups in total. The van der Waals surface area contributed by atoms with Crippen LogP contribution in [0.3, 0.4) is 0 Å². The molecule has 0 unspecified atom stereocenters. The van der Waals surface area contributed by atoms with Crippen LogP contribution < -0.4 is 5.73 Å². The van der Waals surface area contributed by atoms with Gasteiger partial charge in [-0.1, -0.05) is 30.3 Å². The number of hydrogen-bond donors (Lipinski definition) is 1. The summed E-state index contributed by atoms with van der Waals surface area (Å²) in [5.74, 6) is 0. The molecule has 0 aliphatic rings. The summed E-state index contributed by atoms with van der Waals surface area (Å²) in [5, 5.41) is 0. The summed E-state index contributed by atoms with van der Waals surface area (Å²) >= 11 is 0. The monoisotopic (exact) mass is 361 g/mol. The van der Waals surface area contributed by atoms with E-state index < -0.39 is 28.9 Å². The third-order valence-electron chi connectivity index (χ3n) is 4.49. The lowest BCUT2D eigenvalue weighted by molar-refractivity contribution is -0.288. The number of aryl methyl sites for hydroxylation is 3. The van der Waals surface area contributed by atoms with Gasteiger partial charge in [-0.3, -0.25) is 0 Å². The number of anilines is 1. The summed E-state index contributed by atoms with van der Waals surface area (Å²) < 4.78 is 83.7. The Morgan fingerprint density at radius 3 is 1.48 bits per heavy atom. The van der Waals surface area contributed by atoms with Gasteiger partial charge in [0.05, 0.1) is 0 Å². The lowest BCUT2D eigenvalue weighted by Gasteiger charge is -2.38. The molecule has 0 spiro atoms. The molecule has 0 bridgehead atoms.